The van der Waals surface area contributed by atoms with Gasteiger partial charge in [-0.2, -0.15) is 0 Å². The van der Waals surface area contributed by atoms with Crippen molar-refractivity contribution in [2.75, 3.05) is 26.8 Å². The third-order valence-electron chi connectivity index (χ3n) is 2.48. The van der Waals surface area contributed by atoms with E-state index in [0.29, 0.717) is 0 Å². The van der Waals surface area contributed by atoms with Gasteiger partial charge in [0.15, 0.2) is 0 Å². The molecule has 0 radical (unpaired) electrons. The Hall–Kier alpha value is -2.48. The fourth-order valence-electron chi connectivity index (χ4n) is 1.55. The standard InChI is InChI=1S/C12H14N2O6/c1-20-6-5-13(8-11(15)16)12(17)9-3-2-4-10(7-9)14(18)19/h2-4,7H,5-6,8H2,1H3,(H,15,16). The number of ether oxygens (including phenoxy) is 1. The van der Waals surface area contributed by atoms with Gasteiger partial charge in [-0.25, -0.2) is 0 Å². The molecule has 0 aromatic heterocycles. The van der Waals surface area contributed by atoms with Crippen LogP contribution in [0.5, 0.6) is 0 Å². The first-order valence-electron chi connectivity index (χ1n) is 5.70. The summed E-state index contributed by atoms with van der Waals surface area (Å²) in [5, 5.41) is 19.4. The van der Waals surface area contributed by atoms with Crippen molar-refractivity contribution in [3.05, 3.63) is 39.9 Å². The van der Waals surface area contributed by atoms with Crippen molar-refractivity contribution in [2.24, 2.45) is 0 Å². The van der Waals surface area contributed by atoms with E-state index in [4.69, 9.17) is 9.84 Å². The second kappa shape index (κ2) is 7.19. The summed E-state index contributed by atoms with van der Waals surface area (Å²) in [6, 6.07) is 5.15. The summed E-state index contributed by atoms with van der Waals surface area (Å²) in [5.74, 6) is -1.76. The van der Waals surface area contributed by atoms with Crippen LogP contribution in [-0.4, -0.2) is 53.6 Å². The Balaban J connectivity index is 2.95. The van der Waals surface area contributed by atoms with Crippen molar-refractivity contribution in [1.82, 2.24) is 4.90 Å². The molecule has 0 aliphatic carbocycles. The van der Waals surface area contributed by atoms with Crippen LogP contribution in [0.15, 0.2) is 24.3 Å². The van der Waals surface area contributed by atoms with Crippen molar-refractivity contribution in [3.8, 4) is 0 Å². The summed E-state index contributed by atoms with van der Waals surface area (Å²) in [6.45, 7) is -0.233. The number of nitro groups is 1. The number of aliphatic carboxylic acids is 1. The highest BCUT2D eigenvalue weighted by atomic mass is 16.6. The summed E-state index contributed by atoms with van der Waals surface area (Å²) in [4.78, 5) is 34.0. The van der Waals surface area contributed by atoms with Crippen molar-refractivity contribution >= 4 is 17.6 Å². The van der Waals surface area contributed by atoms with Crippen molar-refractivity contribution < 1.29 is 24.4 Å². The lowest BCUT2D eigenvalue weighted by Gasteiger charge is -2.20. The first-order chi connectivity index (χ1) is 9.45. The minimum atomic E-state index is -1.17. The lowest BCUT2D eigenvalue weighted by atomic mass is 10.1. The molecule has 20 heavy (non-hydrogen) atoms. The molecule has 1 amide bonds. The van der Waals surface area contributed by atoms with Gasteiger partial charge in [0, 0.05) is 31.4 Å². The number of nitro benzene ring substituents is 1. The number of carbonyl (C=O) groups is 2. The molecule has 1 N–H and O–H groups in total. The lowest BCUT2D eigenvalue weighted by Crippen LogP contribution is -2.38. The van der Waals surface area contributed by atoms with E-state index in [1.165, 1.54) is 25.3 Å². The Labute approximate surface area is 114 Å². The van der Waals surface area contributed by atoms with Gasteiger partial charge in [0.25, 0.3) is 11.6 Å². The lowest BCUT2D eigenvalue weighted by molar-refractivity contribution is -0.384. The van der Waals surface area contributed by atoms with Crippen LogP contribution in [-0.2, 0) is 9.53 Å². The van der Waals surface area contributed by atoms with Crippen LogP contribution >= 0.6 is 0 Å². The Morgan fingerprint density at radius 1 is 1.45 bits per heavy atom. The number of non-ortho nitro benzene ring substituents is 1. The smallest absolute Gasteiger partial charge is 0.323 e. The van der Waals surface area contributed by atoms with Crippen LogP contribution in [0.3, 0.4) is 0 Å². The summed E-state index contributed by atoms with van der Waals surface area (Å²) in [7, 11) is 1.43. The van der Waals surface area contributed by atoms with Crippen LogP contribution < -0.4 is 0 Å². The van der Waals surface area contributed by atoms with E-state index in [0.717, 1.165) is 11.0 Å². The zero-order valence-corrected chi connectivity index (χ0v) is 10.8. The quantitative estimate of drug-likeness (QED) is 0.584. The molecule has 0 bridgehead atoms. The molecule has 108 valence electrons. The van der Waals surface area contributed by atoms with Crippen molar-refractivity contribution in [1.29, 1.82) is 0 Å². The van der Waals surface area contributed by atoms with Gasteiger partial charge in [-0.15, -0.1) is 0 Å². The minimum Gasteiger partial charge on any atom is -0.480 e. The van der Waals surface area contributed by atoms with Crippen LogP contribution in [0.2, 0.25) is 0 Å². The fourth-order valence-corrected chi connectivity index (χ4v) is 1.55. The summed E-state index contributed by atoms with van der Waals surface area (Å²) >= 11 is 0. The van der Waals surface area contributed by atoms with E-state index in [1.54, 1.807) is 0 Å². The topological polar surface area (TPSA) is 110 Å². The monoisotopic (exact) mass is 282 g/mol. The molecule has 0 aliphatic rings. The van der Waals surface area contributed by atoms with Crippen molar-refractivity contribution in [3.63, 3.8) is 0 Å². The first-order valence-corrected chi connectivity index (χ1v) is 5.70. The maximum absolute atomic E-state index is 12.1. The van der Waals surface area contributed by atoms with Gasteiger partial charge in [-0.3, -0.25) is 19.7 Å². The SMILES string of the molecule is COCCN(CC(=O)O)C(=O)c1cccc([N+](=O)[O-])c1. The molecule has 8 nitrogen and oxygen atoms in total. The molecule has 0 atom stereocenters. The zero-order chi connectivity index (χ0) is 15.1. The van der Waals surface area contributed by atoms with Gasteiger partial charge in [-0.1, -0.05) is 6.07 Å². The van der Waals surface area contributed by atoms with E-state index in [2.05, 4.69) is 0 Å². The molecule has 1 aromatic carbocycles. The van der Waals surface area contributed by atoms with Gasteiger partial charge >= 0.3 is 5.97 Å². The Morgan fingerprint density at radius 3 is 2.70 bits per heavy atom. The van der Waals surface area contributed by atoms with Gasteiger partial charge in [0.2, 0.25) is 0 Å². The summed E-state index contributed by atoms with van der Waals surface area (Å²) in [6.07, 6.45) is 0. The highest BCUT2D eigenvalue weighted by Gasteiger charge is 2.20. The number of carbonyl (C=O) groups excluding carboxylic acids is 1. The minimum absolute atomic E-state index is 0.0663. The highest BCUT2D eigenvalue weighted by molar-refractivity contribution is 5.96. The number of carboxylic acid groups (broad SMARTS) is 1. The van der Waals surface area contributed by atoms with Crippen LogP contribution in [0.25, 0.3) is 0 Å². The van der Waals surface area contributed by atoms with Crippen molar-refractivity contribution in [2.45, 2.75) is 0 Å². The Kier molecular flexibility index (Phi) is 5.60. The first kappa shape index (κ1) is 15.6. The number of hydrogen-bond acceptors (Lipinski definition) is 5. The molecule has 0 saturated heterocycles. The van der Waals surface area contributed by atoms with Gasteiger partial charge in [0.05, 0.1) is 11.5 Å². The average Bonchev–Trinajstić information content (AvgIpc) is 2.42. The number of hydrogen-bond donors (Lipinski definition) is 1. The highest BCUT2D eigenvalue weighted by Crippen LogP contribution is 2.14. The zero-order valence-electron chi connectivity index (χ0n) is 10.8. The van der Waals surface area contributed by atoms with E-state index in [-0.39, 0.29) is 24.4 Å². The Morgan fingerprint density at radius 2 is 2.15 bits per heavy atom. The predicted molar refractivity (Wildman–Crippen MR) is 68.5 cm³/mol. The maximum atomic E-state index is 12.1. The van der Waals surface area contributed by atoms with E-state index >= 15 is 0 Å². The normalized spacial score (nSPS) is 10.1. The largest absolute Gasteiger partial charge is 0.480 e. The summed E-state index contributed by atoms with van der Waals surface area (Å²) < 4.78 is 4.81. The molecule has 8 heteroatoms. The molecule has 0 aliphatic heterocycles. The van der Waals surface area contributed by atoms with Gasteiger partial charge in [0.1, 0.15) is 6.54 Å². The molecule has 1 aromatic rings. The number of rotatable bonds is 7. The van der Waals surface area contributed by atoms with Crippen LogP contribution in [0, 0.1) is 10.1 Å². The number of amides is 1. The molecule has 0 fully saturated rings. The number of benzene rings is 1. The van der Waals surface area contributed by atoms with E-state index in [1.807, 2.05) is 0 Å². The third kappa shape index (κ3) is 4.32. The molecule has 0 saturated carbocycles. The molecule has 0 unspecified atom stereocenters. The number of methoxy groups -OCH3 is 1. The van der Waals surface area contributed by atoms with Crippen LogP contribution in [0.4, 0.5) is 5.69 Å². The number of carboxylic acids is 1. The van der Waals surface area contributed by atoms with Crippen LogP contribution in [0.1, 0.15) is 10.4 Å². The maximum Gasteiger partial charge on any atom is 0.323 e. The molecule has 1 rings (SSSR count). The predicted octanol–water partition coefficient (Wildman–Crippen LogP) is 0.768. The molecule has 0 spiro atoms. The Bertz CT molecular complexity index is 516. The summed E-state index contributed by atoms with van der Waals surface area (Å²) in [5.41, 5.74) is -0.158. The fraction of sp³-hybridized carbons (Fsp3) is 0.333. The molecular formula is C12H14N2O6. The molecular weight excluding hydrogens is 268 g/mol. The van der Waals surface area contributed by atoms with E-state index in [9.17, 15) is 19.7 Å². The second-order valence-corrected chi connectivity index (χ2v) is 3.92. The average molecular weight is 282 g/mol. The number of nitrogens with zero attached hydrogens (tertiary/aromatic N) is 2. The second-order valence-electron chi connectivity index (χ2n) is 3.92. The molecule has 0 heterocycles. The van der Waals surface area contributed by atoms with Gasteiger partial charge in [-0.05, 0) is 6.07 Å². The van der Waals surface area contributed by atoms with Gasteiger partial charge < -0.3 is 14.7 Å². The third-order valence-corrected chi connectivity index (χ3v) is 2.48. The van der Waals surface area contributed by atoms with E-state index < -0.39 is 23.3 Å².